The molecule has 0 aliphatic heterocycles. The Morgan fingerprint density at radius 1 is 1.33 bits per heavy atom. The fraction of sp³-hybridized carbons (Fsp3) is 0.429. The second-order valence-corrected chi connectivity index (χ2v) is 5.84. The molecule has 0 aliphatic rings. The van der Waals surface area contributed by atoms with Gasteiger partial charge in [-0.25, -0.2) is 4.39 Å². The molecule has 0 fully saturated rings. The standard InChI is InChI=1S/C14H17FO5S/c1-8(16)21-5-4-12(17)14(20)10-6-9(7-13(18)19)2-3-11(10)15/h2-3,6,12,14,17,20H,4-5,7H2,1H3,(H,18,19). The minimum Gasteiger partial charge on any atom is -0.481 e. The van der Waals surface area contributed by atoms with Crippen LogP contribution in [0.5, 0.6) is 0 Å². The second-order valence-electron chi connectivity index (χ2n) is 4.57. The third-order valence-electron chi connectivity index (χ3n) is 2.82. The molecule has 116 valence electrons. The first kappa shape index (κ1) is 17.6. The maximum Gasteiger partial charge on any atom is 0.307 e. The summed E-state index contributed by atoms with van der Waals surface area (Å²) >= 11 is 1.01. The number of aliphatic hydroxyl groups excluding tert-OH is 2. The summed E-state index contributed by atoms with van der Waals surface area (Å²) in [7, 11) is 0. The Hall–Kier alpha value is -1.44. The average molecular weight is 316 g/mol. The quantitative estimate of drug-likeness (QED) is 0.706. The Balaban J connectivity index is 2.77. The van der Waals surface area contributed by atoms with Crippen LogP contribution in [0, 0.1) is 5.82 Å². The number of carbonyl (C=O) groups is 2. The largest absolute Gasteiger partial charge is 0.481 e. The van der Waals surface area contributed by atoms with Crippen LogP contribution in [0.3, 0.4) is 0 Å². The monoisotopic (exact) mass is 316 g/mol. The molecule has 0 saturated heterocycles. The first-order valence-corrected chi connectivity index (χ1v) is 7.29. The van der Waals surface area contributed by atoms with Gasteiger partial charge in [0.1, 0.15) is 11.9 Å². The van der Waals surface area contributed by atoms with Gasteiger partial charge in [0, 0.05) is 18.2 Å². The van der Waals surface area contributed by atoms with Gasteiger partial charge in [-0.2, -0.15) is 0 Å². The highest BCUT2D eigenvalue weighted by Crippen LogP contribution is 2.24. The van der Waals surface area contributed by atoms with E-state index in [4.69, 9.17) is 5.11 Å². The molecule has 0 amide bonds. The third kappa shape index (κ3) is 5.82. The van der Waals surface area contributed by atoms with Gasteiger partial charge in [-0.3, -0.25) is 9.59 Å². The lowest BCUT2D eigenvalue weighted by Gasteiger charge is -2.19. The molecule has 0 spiro atoms. The predicted octanol–water partition coefficient (Wildman–Crippen LogP) is 1.52. The number of hydrogen-bond acceptors (Lipinski definition) is 5. The Morgan fingerprint density at radius 2 is 2.00 bits per heavy atom. The van der Waals surface area contributed by atoms with Crippen molar-refractivity contribution in [3.8, 4) is 0 Å². The SMILES string of the molecule is CC(=O)SCCC(O)C(O)c1cc(CC(=O)O)ccc1F. The molecule has 0 bridgehead atoms. The average Bonchev–Trinajstić information content (AvgIpc) is 2.39. The molecule has 3 N–H and O–H groups in total. The number of thioether (sulfide) groups is 1. The van der Waals surface area contributed by atoms with E-state index >= 15 is 0 Å². The van der Waals surface area contributed by atoms with Crippen LogP contribution in [0.4, 0.5) is 4.39 Å². The molecule has 1 rings (SSSR count). The lowest BCUT2D eigenvalue weighted by atomic mass is 9.99. The number of carbonyl (C=O) groups excluding carboxylic acids is 1. The highest BCUT2D eigenvalue weighted by molar-refractivity contribution is 8.13. The summed E-state index contributed by atoms with van der Waals surface area (Å²) in [5.41, 5.74) is 0.192. The van der Waals surface area contributed by atoms with Crippen LogP contribution in [-0.4, -0.2) is 38.3 Å². The number of benzene rings is 1. The van der Waals surface area contributed by atoms with Crippen LogP contribution in [0.25, 0.3) is 0 Å². The summed E-state index contributed by atoms with van der Waals surface area (Å²) < 4.78 is 13.7. The van der Waals surface area contributed by atoms with Crippen LogP contribution in [0.1, 0.15) is 30.6 Å². The lowest BCUT2D eigenvalue weighted by molar-refractivity contribution is -0.136. The van der Waals surface area contributed by atoms with Crippen molar-refractivity contribution < 1.29 is 29.3 Å². The zero-order valence-corrected chi connectivity index (χ0v) is 12.3. The van der Waals surface area contributed by atoms with Gasteiger partial charge in [0.05, 0.1) is 12.5 Å². The molecular formula is C14H17FO5S. The summed E-state index contributed by atoms with van der Waals surface area (Å²) in [5.74, 6) is -1.47. The number of hydrogen-bond donors (Lipinski definition) is 3. The van der Waals surface area contributed by atoms with E-state index in [2.05, 4.69) is 0 Å². The Labute approximate surface area is 125 Å². The smallest absolute Gasteiger partial charge is 0.307 e. The first-order valence-electron chi connectivity index (χ1n) is 6.31. The number of aliphatic hydroxyl groups is 2. The molecule has 0 radical (unpaired) electrons. The number of rotatable bonds is 7. The van der Waals surface area contributed by atoms with Gasteiger partial charge < -0.3 is 15.3 Å². The van der Waals surface area contributed by atoms with Gasteiger partial charge >= 0.3 is 5.97 Å². The Bertz CT molecular complexity index is 520. The van der Waals surface area contributed by atoms with Gasteiger partial charge in [-0.15, -0.1) is 0 Å². The van der Waals surface area contributed by atoms with E-state index in [0.717, 1.165) is 17.8 Å². The van der Waals surface area contributed by atoms with E-state index in [0.29, 0.717) is 11.3 Å². The van der Waals surface area contributed by atoms with Crippen molar-refractivity contribution in [1.29, 1.82) is 0 Å². The van der Waals surface area contributed by atoms with E-state index in [1.165, 1.54) is 19.1 Å². The third-order valence-corrected chi connectivity index (χ3v) is 3.66. The molecule has 2 atom stereocenters. The molecule has 0 aliphatic carbocycles. The summed E-state index contributed by atoms with van der Waals surface area (Å²) in [6, 6.07) is 3.61. The molecule has 1 aromatic carbocycles. The van der Waals surface area contributed by atoms with E-state index in [1.54, 1.807) is 0 Å². The molecule has 1 aromatic rings. The normalized spacial score (nSPS) is 13.7. The van der Waals surface area contributed by atoms with E-state index in [9.17, 15) is 24.2 Å². The molecule has 5 nitrogen and oxygen atoms in total. The Kier molecular flexibility index (Phi) is 6.80. The fourth-order valence-corrected chi connectivity index (χ4v) is 2.44. The van der Waals surface area contributed by atoms with Crippen LogP contribution < -0.4 is 0 Å². The molecule has 21 heavy (non-hydrogen) atoms. The molecule has 2 unspecified atom stereocenters. The molecule has 0 saturated carbocycles. The lowest BCUT2D eigenvalue weighted by Crippen LogP contribution is -2.20. The van der Waals surface area contributed by atoms with Crippen molar-refractivity contribution in [3.05, 3.63) is 35.1 Å². The summed E-state index contributed by atoms with van der Waals surface area (Å²) in [5, 5.41) is 28.4. The maximum absolute atomic E-state index is 13.7. The van der Waals surface area contributed by atoms with Crippen molar-refractivity contribution in [2.75, 3.05) is 5.75 Å². The highest BCUT2D eigenvalue weighted by Gasteiger charge is 2.22. The van der Waals surface area contributed by atoms with Crippen LogP contribution in [0.15, 0.2) is 18.2 Å². The van der Waals surface area contributed by atoms with Crippen LogP contribution in [0.2, 0.25) is 0 Å². The maximum atomic E-state index is 13.7. The summed E-state index contributed by atoms with van der Waals surface area (Å²) in [4.78, 5) is 21.4. The van der Waals surface area contributed by atoms with E-state index in [-0.39, 0.29) is 23.5 Å². The van der Waals surface area contributed by atoms with Crippen molar-refractivity contribution >= 4 is 22.8 Å². The van der Waals surface area contributed by atoms with Crippen molar-refractivity contribution in [2.45, 2.75) is 32.0 Å². The van der Waals surface area contributed by atoms with Gasteiger partial charge in [-0.1, -0.05) is 17.8 Å². The zero-order chi connectivity index (χ0) is 16.0. The van der Waals surface area contributed by atoms with Gasteiger partial charge in [-0.05, 0) is 24.1 Å². The topological polar surface area (TPSA) is 94.8 Å². The first-order chi connectivity index (χ1) is 9.81. The van der Waals surface area contributed by atoms with Gasteiger partial charge in [0.25, 0.3) is 0 Å². The highest BCUT2D eigenvalue weighted by atomic mass is 32.2. The number of carboxylic acid groups (broad SMARTS) is 1. The van der Waals surface area contributed by atoms with Crippen molar-refractivity contribution in [3.63, 3.8) is 0 Å². The summed E-state index contributed by atoms with van der Waals surface area (Å²) in [6.07, 6.45) is -2.87. The molecule has 0 heterocycles. The molecule has 7 heteroatoms. The van der Waals surface area contributed by atoms with E-state index in [1.807, 2.05) is 0 Å². The van der Waals surface area contributed by atoms with Crippen molar-refractivity contribution in [1.82, 2.24) is 0 Å². The zero-order valence-electron chi connectivity index (χ0n) is 11.5. The second kappa shape index (κ2) is 8.11. The molecular weight excluding hydrogens is 299 g/mol. The van der Waals surface area contributed by atoms with Gasteiger partial charge in [0.15, 0.2) is 5.12 Å². The van der Waals surface area contributed by atoms with Crippen LogP contribution in [-0.2, 0) is 16.0 Å². The Morgan fingerprint density at radius 3 is 2.57 bits per heavy atom. The number of carboxylic acids is 1. The van der Waals surface area contributed by atoms with E-state index < -0.39 is 24.0 Å². The van der Waals surface area contributed by atoms with Gasteiger partial charge in [0.2, 0.25) is 0 Å². The minimum atomic E-state index is -1.47. The minimum absolute atomic E-state index is 0.105. The molecule has 0 aromatic heterocycles. The number of halogens is 1. The predicted molar refractivity (Wildman–Crippen MR) is 76.5 cm³/mol. The summed E-state index contributed by atoms with van der Waals surface area (Å²) in [6.45, 7) is 1.39. The number of aliphatic carboxylic acids is 1. The fourth-order valence-electron chi connectivity index (χ4n) is 1.79. The van der Waals surface area contributed by atoms with Crippen molar-refractivity contribution in [2.24, 2.45) is 0 Å². The van der Waals surface area contributed by atoms with Crippen LogP contribution >= 0.6 is 11.8 Å².